The zero-order valence-electron chi connectivity index (χ0n) is 9.88. The van der Waals surface area contributed by atoms with E-state index >= 15 is 0 Å². The van der Waals surface area contributed by atoms with Crippen molar-refractivity contribution in [3.05, 3.63) is 0 Å². The summed E-state index contributed by atoms with van der Waals surface area (Å²) in [6.45, 7) is 2.60. The van der Waals surface area contributed by atoms with Crippen LogP contribution in [0.1, 0.15) is 45.4 Å². The monoisotopic (exact) mass is 210 g/mol. The topological polar surface area (TPSA) is 45.0 Å². The number of hydrogen-bond acceptors (Lipinski definition) is 3. The number of ether oxygens (including phenoxy) is 1. The Morgan fingerprint density at radius 2 is 2.07 bits per heavy atom. The van der Waals surface area contributed by atoms with Crippen LogP contribution in [0.5, 0.6) is 0 Å². The van der Waals surface area contributed by atoms with E-state index in [4.69, 9.17) is 10.00 Å². The molecule has 0 radical (unpaired) electrons. The normalized spacial score (nSPS) is 21.9. The van der Waals surface area contributed by atoms with E-state index in [1.807, 2.05) is 14.0 Å². The van der Waals surface area contributed by atoms with Crippen LogP contribution in [0.25, 0.3) is 0 Å². The summed E-state index contributed by atoms with van der Waals surface area (Å²) in [7, 11) is 1.82. The molecule has 1 aliphatic rings. The molecule has 1 saturated carbocycles. The lowest BCUT2D eigenvalue weighted by atomic mass is 9.97. The molecule has 1 N–H and O–H groups in total. The van der Waals surface area contributed by atoms with Crippen LogP contribution < -0.4 is 5.32 Å². The van der Waals surface area contributed by atoms with Crippen LogP contribution >= 0.6 is 0 Å². The van der Waals surface area contributed by atoms with Crippen LogP contribution in [0.3, 0.4) is 0 Å². The molecule has 0 aromatic carbocycles. The molecule has 1 atom stereocenters. The highest BCUT2D eigenvalue weighted by atomic mass is 16.5. The molecule has 0 saturated heterocycles. The van der Waals surface area contributed by atoms with E-state index in [0.717, 1.165) is 6.42 Å². The van der Waals surface area contributed by atoms with Crippen LogP contribution in [0.4, 0.5) is 0 Å². The Morgan fingerprint density at radius 3 is 2.60 bits per heavy atom. The van der Waals surface area contributed by atoms with Gasteiger partial charge in [0, 0.05) is 13.0 Å². The number of nitrogens with zero attached hydrogens (tertiary/aromatic N) is 1. The summed E-state index contributed by atoms with van der Waals surface area (Å²) in [5.41, 5.74) is -0.436. The summed E-state index contributed by atoms with van der Waals surface area (Å²) < 4.78 is 5.79. The van der Waals surface area contributed by atoms with Crippen molar-refractivity contribution in [1.82, 2.24) is 5.32 Å². The van der Waals surface area contributed by atoms with E-state index in [1.165, 1.54) is 32.1 Å². The van der Waals surface area contributed by atoms with Gasteiger partial charge in [0.2, 0.25) is 0 Å². The van der Waals surface area contributed by atoms with Crippen molar-refractivity contribution in [2.24, 2.45) is 0 Å². The average molecular weight is 210 g/mol. The molecule has 0 spiro atoms. The fraction of sp³-hybridized carbons (Fsp3) is 0.917. The lowest BCUT2D eigenvalue weighted by Gasteiger charge is -2.25. The second-order valence-corrected chi connectivity index (χ2v) is 4.57. The van der Waals surface area contributed by atoms with Gasteiger partial charge in [-0.25, -0.2) is 0 Å². The van der Waals surface area contributed by atoms with Gasteiger partial charge >= 0.3 is 0 Å². The predicted octanol–water partition coefficient (Wildman–Crippen LogP) is 2.23. The molecule has 3 nitrogen and oxygen atoms in total. The summed E-state index contributed by atoms with van der Waals surface area (Å²) in [6, 6.07) is 2.27. The Bertz CT molecular complexity index is 218. The molecule has 0 bridgehead atoms. The molecule has 0 aromatic rings. The van der Waals surface area contributed by atoms with Gasteiger partial charge in [0.25, 0.3) is 0 Å². The molecule has 3 heteroatoms. The van der Waals surface area contributed by atoms with Crippen molar-refractivity contribution in [2.75, 3.05) is 13.7 Å². The molecule has 86 valence electrons. The van der Waals surface area contributed by atoms with Crippen LogP contribution in [0, 0.1) is 11.3 Å². The molecular formula is C12H22N2O. The molecule has 1 fully saturated rings. The number of hydrogen-bond donors (Lipinski definition) is 1. The maximum atomic E-state index is 8.95. The van der Waals surface area contributed by atoms with Crippen molar-refractivity contribution in [2.45, 2.75) is 57.1 Å². The Labute approximate surface area is 92.8 Å². The first-order valence-electron chi connectivity index (χ1n) is 5.92. The smallest absolute Gasteiger partial charge is 0.105 e. The number of rotatable bonds is 5. The van der Waals surface area contributed by atoms with Crippen molar-refractivity contribution < 1.29 is 4.74 Å². The van der Waals surface area contributed by atoms with E-state index in [1.54, 1.807) is 0 Å². The van der Waals surface area contributed by atoms with E-state index < -0.39 is 5.54 Å². The zero-order chi connectivity index (χ0) is 11.1. The minimum atomic E-state index is -0.436. The maximum Gasteiger partial charge on any atom is 0.105 e. The molecular weight excluding hydrogens is 188 g/mol. The summed E-state index contributed by atoms with van der Waals surface area (Å²) in [5.74, 6) is 0. The van der Waals surface area contributed by atoms with Crippen LogP contribution in [0.15, 0.2) is 0 Å². The molecule has 0 aromatic heterocycles. The van der Waals surface area contributed by atoms with E-state index in [2.05, 4.69) is 11.4 Å². The maximum absolute atomic E-state index is 8.95. The van der Waals surface area contributed by atoms with Gasteiger partial charge in [-0.15, -0.1) is 0 Å². The summed E-state index contributed by atoms with van der Waals surface area (Å²) in [4.78, 5) is 0. The first kappa shape index (κ1) is 12.5. The highest BCUT2D eigenvalue weighted by Crippen LogP contribution is 2.21. The van der Waals surface area contributed by atoms with Crippen molar-refractivity contribution in [3.63, 3.8) is 0 Å². The molecule has 0 amide bonds. The van der Waals surface area contributed by atoms with E-state index in [-0.39, 0.29) is 0 Å². The third kappa shape index (κ3) is 4.19. The Kier molecular flexibility index (Phi) is 5.07. The zero-order valence-corrected chi connectivity index (χ0v) is 9.88. The van der Waals surface area contributed by atoms with Crippen LogP contribution in [-0.2, 0) is 4.74 Å². The predicted molar refractivity (Wildman–Crippen MR) is 60.5 cm³/mol. The standard InChI is InChI=1S/C12H22N2O/c1-12(10-13,14-2)8-9-15-11-6-4-3-5-7-11/h11,14H,3-9H2,1-2H3. The molecule has 1 rings (SSSR count). The second kappa shape index (κ2) is 6.09. The minimum Gasteiger partial charge on any atom is -0.378 e. The summed E-state index contributed by atoms with van der Waals surface area (Å²) in [6.07, 6.45) is 7.55. The third-order valence-corrected chi connectivity index (χ3v) is 3.31. The SMILES string of the molecule is CNC(C)(C#N)CCOC1CCCCC1. The van der Waals surface area contributed by atoms with Gasteiger partial charge in [-0.05, 0) is 26.8 Å². The number of nitrogens with one attached hydrogen (secondary N) is 1. The summed E-state index contributed by atoms with van der Waals surface area (Å²) in [5, 5.41) is 12.0. The highest BCUT2D eigenvalue weighted by Gasteiger charge is 2.22. The van der Waals surface area contributed by atoms with Gasteiger partial charge in [0.15, 0.2) is 0 Å². The van der Waals surface area contributed by atoms with Gasteiger partial charge < -0.3 is 10.1 Å². The number of nitriles is 1. The average Bonchev–Trinajstić information content (AvgIpc) is 2.30. The lowest BCUT2D eigenvalue weighted by Crippen LogP contribution is -2.39. The van der Waals surface area contributed by atoms with E-state index in [0.29, 0.717) is 12.7 Å². The first-order chi connectivity index (χ1) is 7.20. The van der Waals surface area contributed by atoms with Crippen LogP contribution in [-0.4, -0.2) is 25.3 Å². The molecule has 1 aliphatic carbocycles. The molecule has 0 aliphatic heterocycles. The van der Waals surface area contributed by atoms with Crippen LogP contribution in [0.2, 0.25) is 0 Å². The summed E-state index contributed by atoms with van der Waals surface area (Å²) >= 11 is 0. The lowest BCUT2D eigenvalue weighted by molar-refractivity contribution is 0.0212. The molecule has 0 heterocycles. The minimum absolute atomic E-state index is 0.436. The first-order valence-corrected chi connectivity index (χ1v) is 5.92. The van der Waals surface area contributed by atoms with E-state index in [9.17, 15) is 0 Å². The Balaban J connectivity index is 2.17. The van der Waals surface area contributed by atoms with Gasteiger partial charge in [0.05, 0.1) is 12.2 Å². The fourth-order valence-electron chi connectivity index (χ4n) is 1.90. The molecule has 15 heavy (non-hydrogen) atoms. The van der Waals surface area contributed by atoms with Crippen molar-refractivity contribution in [1.29, 1.82) is 5.26 Å². The molecule has 1 unspecified atom stereocenters. The fourth-order valence-corrected chi connectivity index (χ4v) is 1.90. The Hall–Kier alpha value is -0.590. The quantitative estimate of drug-likeness (QED) is 0.756. The van der Waals surface area contributed by atoms with Gasteiger partial charge in [-0.3, -0.25) is 0 Å². The largest absolute Gasteiger partial charge is 0.378 e. The van der Waals surface area contributed by atoms with Crippen molar-refractivity contribution in [3.8, 4) is 6.07 Å². The Morgan fingerprint density at radius 1 is 1.40 bits per heavy atom. The second-order valence-electron chi connectivity index (χ2n) is 4.57. The van der Waals surface area contributed by atoms with Gasteiger partial charge in [0.1, 0.15) is 5.54 Å². The third-order valence-electron chi connectivity index (χ3n) is 3.31. The van der Waals surface area contributed by atoms with Crippen molar-refractivity contribution >= 4 is 0 Å². The van der Waals surface area contributed by atoms with Gasteiger partial charge in [-0.2, -0.15) is 5.26 Å². The van der Waals surface area contributed by atoms with Gasteiger partial charge in [-0.1, -0.05) is 19.3 Å². The highest BCUT2D eigenvalue weighted by molar-refractivity contribution is 5.02.